The molecule has 1 unspecified atom stereocenters. The lowest BCUT2D eigenvalue weighted by Crippen LogP contribution is -2.35. The highest BCUT2D eigenvalue weighted by Crippen LogP contribution is 2.38. The minimum atomic E-state index is 0.279. The molecule has 1 atom stereocenters. The molecule has 0 spiro atoms. The molecule has 1 nitrogen and oxygen atoms in total. The van der Waals surface area contributed by atoms with Gasteiger partial charge in [-0.05, 0) is 67.8 Å². The normalized spacial score (nSPS) is 13.6. The molecule has 0 aliphatic rings. The first kappa shape index (κ1) is 16.2. The van der Waals surface area contributed by atoms with E-state index >= 15 is 0 Å². The smallest absolute Gasteiger partial charge is 0.0374 e. The third-order valence-corrected chi connectivity index (χ3v) is 4.48. The van der Waals surface area contributed by atoms with Gasteiger partial charge in [0.25, 0.3) is 0 Å². The third kappa shape index (κ3) is 3.82. The molecule has 0 fully saturated rings. The Bertz CT molecular complexity index is 418. The molecule has 108 valence electrons. The molecule has 1 rings (SSSR count). The van der Waals surface area contributed by atoms with E-state index in [9.17, 15) is 0 Å². The predicted molar refractivity (Wildman–Crippen MR) is 85.8 cm³/mol. The zero-order chi connectivity index (χ0) is 14.6. The van der Waals surface area contributed by atoms with E-state index in [2.05, 4.69) is 65.9 Å². The molecule has 1 aromatic carbocycles. The fourth-order valence-electron chi connectivity index (χ4n) is 2.59. The van der Waals surface area contributed by atoms with Crippen LogP contribution in [0.5, 0.6) is 0 Å². The maximum absolute atomic E-state index is 3.76. The van der Waals surface area contributed by atoms with Crippen molar-refractivity contribution < 1.29 is 0 Å². The van der Waals surface area contributed by atoms with Crippen LogP contribution in [0.1, 0.15) is 68.8 Å². The molecular formula is C18H31N. The zero-order valence-electron chi connectivity index (χ0n) is 13.9. The first-order valence-electron chi connectivity index (χ1n) is 7.64. The number of hydrogen-bond acceptors (Lipinski definition) is 1. The van der Waals surface area contributed by atoms with E-state index in [0.29, 0.717) is 6.04 Å². The van der Waals surface area contributed by atoms with Crippen LogP contribution >= 0.6 is 0 Å². The number of aryl methyl sites for hydroxylation is 3. The van der Waals surface area contributed by atoms with Gasteiger partial charge in [0, 0.05) is 6.04 Å². The van der Waals surface area contributed by atoms with Crippen molar-refractivity contribution in [2.75, 3.05) is 6.54 Å². The highest BCUT2D eigenvalue weighted by Gasteiger charge is 2.29. The molecule has 0 saturated heterocycles. The van der Waals surface area contributed by atoms with Crippen LogP contribution in [0.2, 0.25) is 0 Å². The summed E-state index contributed by atoms with van der Waals surface area (Å²) in [6.07, 6.45) is 2.36. The molecular weight excluding hydrogens is 230 g/mol. The van der Waals surface area contributed by atoms with Gasteiger partial charge in [-0.1, -0.05) is 39.8 Å². The second kappa shape index (κ2) is 6.56. The van der Waals surface area contributed by atoms with Gasteiger partial charge in [-0.2, -0.15) is 0 Å². The van der Waals surface area contributed by atoms with Gasteiger partial charge >= 0.3 is 0 Å². The molecule has 0 heterocycles. The van der Waals surface area contributed by atoms with Crippen molar-refractivity contribution in [2.24, 2.45) is 5.41 Å². The topological polar surface area (TPSA) is 12.0 Å². The molecule has 1 heteroatoms. The average molecular weight is 261 g/mol. The van der Waals surface area contributed by atoms with Crippen LogP contribution in [0.25, 0.3) is 0 Å². The fraction of sp³-hybridized carbons (Fsp3) is 0.667. The van der Waals surface area contributed by atoms with E-state index in [4.69, 9.17) is 0 Å². The first-order chi connectivity index (χ1) is 8.83. The molecule has 0 aromatic heterocycles. The summed E-state index contributed by atoms with van der Waals surface area (Å²) in [5.41, 5.74) is 5.96. The zero-order valence-corrected chi connectivity index (χ0v) is 13.9. The van der Waals surface area contributed by atoms with Crippen molar-refractivity contribution in [1.29, 1.82) is 0 Å². The van der Waals surface area contributed by atoms with Crippen molar-refractivity contribution >= 4 is 0 Å². The van der Waals surface area contributed by atoms with Crippen LogP contribution in [0.3, 0.4) is 0 Å². The van der Waals surface area contributed by atoms with Crippen LogP contribution in [-0.2, 0) is 0 Å². The Kier molecular flexibility index (Phi) is 5.61. The predicted octanol–water partition coefficient (Wildman–Crippen LogP) is 5.09. The van der Waals surface area contributed by atoms with Crippen LogP contribution in [-0.4, -0.2) is 6.54 Å². The maximum Gasteiger partial charge on any atom is 0.0374 e. The van der Waals surface area contributed by atoms with Crippen molar-refractivity contribution in [3.63, 3.8) is 0 Å². The summed E-state index contributed by atoms with van der Waals surface area (Å²) in [7, 11) is 0. The molecule has 0 amide bonds. The minimum Gasteiger partial charge on any atom is -0.309 e. The maximum atomic E-state index is 3.76. The van der Waals surface area contributed by atoms with E-state index in [-0.39, 0.29) is 5.41 Å². The first-order valence-corrected chi connectivity index (χ1v) is 7.64. The molecule has 1 N–H and O–H groups in total. The molecule has 0 radical (unpaired) electrons. The fourth-order valence-corrected chi connectivity index (χ4v) is 2.59. The van der Waals surface area contributed by atoms with Crippen LogP contribution < -0.4 is 5.32 Å². The van der Waals surface area contributed by atoms with Gasteiger partial charge in [0.15, 0.2) is 0 Å². The largest absolute Gasteiger partial charge is 0.309 e. The molecule has 0 bridgehead atoms. The summed E-state index contributed by atoms with van der Waals surface area (Å²) in [6.45, 7) is 17.0. The van der Waals surface area contributed by atoms with Gasteiger partial charge in [-0.15, -0.1) is 0 Å². The third-order valence-electron chi connectivity index (χ3n) is 4.48. The standard InChI is InChI=1S/C18H31N/c1-8-10-19-17(18(6,7)9-2)16-12-14(4)13(3)11-15(16)5/h11-12,17,19H,8-10H2,1-7H3. The van der Waals surface area contributed by atoms with E-state index in [1.54, 1.807) is 0 Å². The van der Waals surface area contributed by atoms with Gasteiger partial charge in [0.2, 0.25) is 0 Å². The molecule has 1 aromatic rings. The Balaban J connectivity index is 3.21. The molecule has 0 aliphatic carbocycles. The molecule has 0 saturated carbocycles. The Morgan fingerprint density at radius 1 is 1.00 bits per heavy atom. The lowest BCUT2D eigenvalue weighted by atomic mass is 9.76. The number of benzene rings is 1. The summed E-state index contributed by atoms with van der Waals surface area (Å²) in [6, 6.07) is 5.16. The Labute approximate surface area is 119 Å². The number of nitrogens with one attached hydrogen (secondary N) is 1. The summed E-state index contributed by atoms with van der Waals surface area (Å²) in [5, 5.41) is 3.76. The van der Waals surface area contributed by atoms with Crippen molar-refractivity contribution in [2.45, 2.75) is 67.3 Å². The molecule has 0 aliphatic heterocycles. The van der Waals surface area contributed by atoms with Gasteiger partial charge in [0.1, 0.15) is 0 Å². The monoisotopic (exact) mass is 261 g/mol. The Morgan fingerprint density at radius 2 is 1.58 bits per heavy atom. The quantitative estimate of drug-likeness (QED) is 0.752. The number of hydrogen-bond donors (Lipinski definition) is 1. The number of rotatable bonds is 6. The van der Waals surface area contributed by atoms with Gasteiger partial charge in [-0.3, -0.25) is 0 Å². The van der Waals surface area contributed by atoms with Crippen LogP contribution in [0.15, 0.2) is 12.1 Å². The van der Waals surface area contributed by atoms with Crippen molar-refractivity contribution in [3.05, 3.63) is 34.4 Å². The van der Waals surface area contributed by atoms with Gasteiger partial charge in [0.05, 0.1) is 0 Å². The van der Waals surface area contributed by atoms with Crippen molar-refractivity contribution in [1.82, 2.24) is 5.32 Å². The van der Waals surface area contributed by atoms with Crippen LogP contribution in [0, 0.1) is 26.2 Å². The Hall–Kier alpha value is -0.820. The summed E-state index contributed by atoms with van der Waals surface area (Å²) < 4.78 is 0. The lowest BCUT2D eigenvalue weighted by molar-refractivity contribution is 0.234. The van der Waals surface area contributed by atoms with E-state index < -0.39 is 0 Å². The van der Waals surface area contributed by atoms with Gasteiger partial charge in [-0.25, -0.2) is 0 Å². The highest BCUT2D eigenvalue weighted by molar-refractivity contribution is 5.39. The second-order valence-corrected chi connectivity index (χ2v) is 6.52. The van der Waals surface area contributed by atoms with Crippen LogP contribution in [0.4, 0.5) is 0 Å². The average Bonchev–Trinajstić information content (AvgIpc) is 2.35. The minimum absolute atomic E-state index is 0.279. The summed E-state index contributed by atoms with van der Waals surface area (Å²) >= 11 is 0. The molecule has 19 heavy (non-hydrogen) atoms. The van der Waals surface area contributed by atoms with E-state index in [1.165, 1.54) is 35.1 Å². The highest BCUT2D eigenvalue weighted by atomic mass is 14.9. The summed E-state index contributed by atoms with van der Waals surface area (Å²) in [4.78, 5) is 0. The van der Waals surface area contributed by atoms with Crippen molar-refractivity contribution in [3.8, 4) is 0 Å². The van der Waals surface area contributed by atoms with E-state index in [1.807, 2.05) is 0 Å². The Morgan fingerprint density at radius 3 is 2.11 bits per heavy atom. The summed E-state index contributed by atoms with van der Waals surface area (Å²) in [5.74, 6) is 0. The lowest BCUT2D eigenvalue weighted by Gasteiger charge is -2.36. The second-order valence-electron chi connectivity index (χ2n) is 6.52. The van der Waals surface area contributed by atoms with Gasteiger partial charge < -0.3 is 5.32 Å². The SMILES string of the molecule is CCCNC(c1cc(C)c(C)cc1C)C(C)(C)CC. The van der Waals surface area contributed by atoms with E-state index in [0.717, 1.165) is 6.54 Å².